The number of hydrogen-bond donors (Lipinski definition) is 1. The minimum atomic E-state index is -0.147. The lowest BCUT2D eigenvalue weighted by Crippen LogP contribution is -2.04. The Labute approximate surface area is 123 Å². The fourth-order valence-corrected chi connectivity index (χ4v) is 2.25. The van der Waals surface area contributed by atoms with Crippen LogP contribution in [0.15, 0.2) is 42.5 Å². The van der Waals surface area contributed by atoms with E-state index < -0.39 is 0 Å². The van der Waals surface area contributed by atoms with E-state index in [-0.39, 0.29) is 6.10 Å². The van der Waals surface area contributed by atoms with Crippen molar-refractivity contribution in [2.45, 2.75) is 20.0 Å². The molecule has 0 spiro atoms. The molecule has 0 amide bonds. The Balaban J connectivity index is 1.80. The second-order valence-corrected chi connectivity index (χ2v) is 5.08. The van der Waals surface area contributed by atoms with E-state index in [9.17, 15) is 0 Å². The van der Waals surface area contributed by atoms with Gasteiger partial charge in [0.1, 0.15) is 17.3 Å². The van der Waals surface area contributed by atoms with Crippen molar-refractivity contribution in [2.75, 3.05) is 7.11 Å². The number of aryl methyl sites for hydroxylation is 1. The normalized spacial score (nSPS) is 12.3. The maximum absolute atomic E-state index is 5.91. The zero-order valence-corrected chi connectivity index (χ0v) is 12.4. The largest absolute Gasteiger partial charge is 0.497 e. The molecule has 4 heteroatoms. The lowest BCUT2D eigenvalue weighted by atomic mass is 10.2. The highest BCUT2D eigenvalue weighted by molar-refractivity contribution is 5.75. The van der Waals surface area contributed by atoms with E-state index in [0.717, 1.165) is 28.4 Å². The molecular formula is C17H18N2O2. The number of methoxy groups -OCH3 is 1. The standard InChI is InChI=1S/C17H18N2O2/c1-11-4-9-15-16(10-11)19-17(18-15)12(2)21-14-7-5-13(20-3)6-8-14/h4-10,12H,1-3H3,(H,18,19)/t12-/m0/s1. The number of aromatic amines is 1. The monoisotopic (exact) mass is 282 g/mol. The van der Waals surface area contributed by atoms with Crippen LogP contribution in [-0.4, -0.2) is 17.1 Å². The van der Waals surface area contributed by atoms with Gasteiger partial charge >= 0.3 is 0 Å². The summed E-state index contributed by atoms with van der Waals surface area (Å²) in [4.78, 5) is 7.90. The Morgan fingerprint density at radius 2 is 1.76 bits per heavy atom. The number of hydrogen-bond acceptors (Lipinski definition) is 3. The Morgan fingerprint density at radius 3 is 2.48 bits per heavy atom. The van der Waals surface area contributed by atoms with Crippen molar-refractivity contribution in [2.24, 2.45) is 0 Å². The zero-order valence-electron chi connectivity index (χ0n) is 12.4. The van der Waals surface area contributed by atoms with E-state index in [0.29, 0.717) is 0 Å². The van der Waals surface area contributed by atoms with Gasteiger partial charge in [-0.2, -0.15) is 0 Å². The lowest BCUT2D eigenvalue weighted by molar-refractivity contribution is 0.217. The van der Waals surface area contributed by atoms with Crippen LogP contribution in [0.5, 0.6) is 11.5 Å². The third kappa shape index (κ3) is 2.84. The highest BCUT2D eigenvalue weighted by atomic mass is 16.5. The minimum Gasteiger partial charge on any atom is -0.497 e. The summed E-state index contributed by atoms with van der Waals surface area (Å²) in [5, 5.41) is 0. The molecule has 0 radical (unpaired) electrons. The van der Waals surface area contributed by atoms with Crippen LogP contribution in [0.4, 0.5) is 0 Å². The van der Waals surface area contributed by atoms with Crippen LogP contribution in [0.2, 0.25) is 0 Å². The van der Waals surface area contributed by atoms with Crippen LogP contribution in [0, 0.1) is 6.92 Å². The summed E-state index contributed by atoms with van der Waals surface area (Å²) in [6.45, 7) is 4.05. The van der Waals surface area contributed by atoms with E-state index in [1.165, 1.54) is 5.56 Å². The third-order valence-electron chi connectivity index (χ3n) is 3.41. The number of nitrogens with one attached hydrogen (secondary N) is 1. The number of benzene rings is 2. The van der Waals surface area contributed by atoms with Gasteiger partial charge in [0.25, 0.3) is 0 Å². The summed E-state index contributed by atoms with van der Waals surface area (Å²) in [6, 6.07) is 13.7. The predicted octanol–water partition coefficient (Wildman–Crippen LogP) is 4.02. The number of rotatable bonds is 4. The molecule has 1 aromatic heterocycles. The molecular weight excluding hydrogens is 264 g/mol. The molecule has 0 saturated carbocycles. The van der Waals surface area contributed by atoms with Crippen LogP contribution in [0.25, 0.3) is 11.0 Å². The quantitative estimate of drug-likeness (QED) is 0.786. The summed E-state index contributed by atoms with van der Waals surface area (Å²) in [5.41, 5.74) is 3.21. The topological polar surface area (TPSA) is 47.1 Å². The van der Waals surface area contributed by atoms with Crippen molar-refractivity contribution < 1.29 is 9.47 Å². The third-order valence-corrected chi connectivity index (χ3v) is 3.41. The van der Waals surface area contributed by atoms with Crippen molar-refractivity contribution in [1.29, 1.82) is 0 Å². The molecule has 3 rings (SSSR count). The maximum Gasteiger partial charge on any atom is 0.153 e. The number of fused-ring (bicyclic) bond motifs is 1. The van der Waals surface area contributed by atoms with Crippen LogP contribution < -0.4 is 9.47 Å². The molecule has 3 aromatic rings. The average molecular weight is 282 g/mol. The van der Waals surface area contributed by atoms with Gasteiger partial charge in [-0.1, -0.05) is 6.07 Å². The van der Waals surface area contributed by atoms with E-state index in [1.54, 1.807) is 7.11 Å². The smallest absolute Gasteiger partial charge is 0.153 e. The second-order valence-electron chi connectivity index (χ2n) is 5.08. The molecule has 21 heavy (non-hydrogen) atoms. The fourth-order valence-electron chi connectivity index (χ4n) is 2.25. The van der Waals surface area contributed by atoms with E-state index >= 15 is 0 Å². The Hall–Kier alpha value is -2.49. The summed E-state index contributed by atoms with van der Waals surface area (Å²) >= 11 is 0. The molecule has 1 heterocycles. The van der Waals surface area contributed by atoms with Crippen LogP contribution >= 0.6 is 0 Å². The molecule has 0 aliphatic heterocycles. The van der Waals surface area contributed by atoms with Gasteiger partial charge in [-0.25, -0.2) is 4.98 Å². The SMILES string of the molecule is COc1ccc(O[C@@H](C)c2nc3ccc(C)cc3[nH]2)cc1. The average Bonchev–Trinajstić information content (AvgIpc) is 2.91. The van der Waals surface area contributed by atoms with Gasteiger partial charge in [-0.05, 0) is 55.8 Å². The minimum absolute atomic E-state index is 0.147. The second kappa shape index (κ2) is 5.48. The van der Waals surface area contributed by atoms with Crippen LogP contribution in [0.1, 0.15) is 24.4 Å². The van der Waals surface area contributed by atoms with E-state index in [2.05, 4.69) is 29.0 Å². The first-order valence-electron chi connectivity index (χ1n) is 6.92. The Bertz CT molecular complexity index is 747. The highest BCUT2D eigenvalue weighted by Crippen LogP contribution is 2.24. The van der Waals surface area contributed by atoms with Gasteiger partial charge in [0.2, 0.25) is 0 Å². The highest BCUT2D eigenvalue weighted by Gasteiger charge is 2.12. The van der Waals surface area contributed by atoms with Crippen LogP contribution in [-0.2, 0) is 0 Å². The van der Waals surface area contributed by atoms with Gasteiger partial charge in [-0.3, -0.25) is 0 Å². The molecule has 0 aliphatic rings. The van der Waals surface area contributed by atoms with E-state index in [1.807, 2.05) is 37.3 Å². The predicted molar refractivity (Wildman–Crippen MR) is 82.9 cm³/mol. The van der Waals surface area contributed by atoms with Crippen molar-refractivity contribution in [3.8, 4) is 11.5 Å². The van der Waals surface area contributed by atoms with Gasteiger partial charge in [0.05, 0.1) is 18.1 Å². The summed E-state index contributed by atoms with van der Waals surface area (Å²) < 4.78 is 11.0. The number of ether oxygens (including phenoxy) is 2. The van der Waals surface area contributed by atoms with Gasteiger partial charge < -0.3 is 14.5 Å². The van der Waals surface area contributed by atoms with Gasteiger partial charge in [0, 0.05) is 0 Å². The number of aromatic nitrogens is 2. The molecule has 2 aromatic carbocycles. The molecule has 0 aliphatic carbocycles. The molecule has 108 valence electrons. The van der Waals surface area contributed by atoms with Crippen LogP contribution in [0.3, 0.4) is 0 Å². The fraction of sp³-hybridized carbons (Fsp3) is 0.235. The Kier molecular flexibility index (Phi) is 3.52. The molecule has 0 unspecified atom stereocenters. The number of imidazole rings is 1. The summed E-state index contributed by atoms with van der Waals surface area (Å²) in [5.74, 6) is 2.43. The molecule has 0 saturated heterocycles. The molecule has 1 N–H and O–H groups in total. The van der Waals surface area contributed by atoms with Crippen molar-refractivity contribution in [3.05, 3.63) is 53.9 Å². The number of H-pyrrole nitrogens is 1. The first-order chi connectivity index (χ1) is 10.2. The summed E-state index contributed by atoms with van der Waals surface area (Å²) in [7, 11) is 1.65. The van der Waals surface area contributed by atoms with Gasteiger partial charge in [-0.15, -0.1) is 0 Å². The Morgan fingerprint density at radius 1 is 1.05 bits per heavy atom. The first-order valence-corrected chi connectivity index (χ1v) is 6.92. The zero-order chi connectivity index (χ0) is 14.8. The molecule has 0 fully saturated rings. The first kappa shape index (κ1) is 13.5. The van der Waals surface area contributed by atoms with Gasteiger partial charge in [0.15, 0.2) is 6.10 Å². The molecule has 1 atom stereocenters. The number of nitrogens with zero attached hydrogens (tertiary/aromatic N) is 1. The van der Waals surface area contributed by atoms with Crippen molar-refractivity contribution in [3.63, 3.8) is 0 Å². The molecule has 4 nitrogen and oxygen atoms in total. The summed E-state index contributed by atoms with van der Waals surface area (Å²) in [6.07, 6.45) is -0.147. The maximum atomic E-state index is 5.91. The lowest BCUT2D eigenvalue weighted by Gasteiger charge is -2.12. The van der Waals surface area contributed by atoms with E-state index in [4.69, 9.17) is 9.47 Å². The van der Waals surface area contributed by atoms with Crippen molar-refractivity contribution >= 4 is 11.0 Å². The molecule has 0 bridgehead atoms. The van der Waals surface area contributed by atoms with Crippen molar-refractivity contribution in [1.82, 2.24) is 9.97 Å².